The van der Waals surface area contributed by atoms with Crippen molar-refractivity contribution in [1.29, 1.82) is 0 Å². The molecular formula is C31H30Br2Cl2N4O7. The summed E-state index contributed by atoms with van der Waals surface area (Å²) >= 11 is 19.1. The first kappa shape index (κ1) is 35.4. The molecule has 1 aliphatic heterocycles. The van der Waals surface area contributed by atoms with Crippen LogP contribution >= 0.6 is 55.1 Å². The zero-order chi connectivity index (χ0) is 33.4. The number of rotatable bonds is 13. The van der Waals surface area contributed by atoms with Gasteiger partial charge in [0, 0.05) is 5.70 Å². The molecule has 3 aromatic carbocycles. The molecule has 244 valence electrons. The molecule has 0 spiro atoms. The van der Waals surface area contributed by atoms with E-state index in [1.165, 1.54) is 13.3 Å². The largest absolute Gasteiger partial charge is 0.490 e. The Balaban J connectivity index is 1.37. The summed E-state index contributed by atoms with van der Waals surface area (Å²) in [5.41, 5.74) is 5.43. The Morgan fingerprint density at radius 2 is 1.80 bits per heavy atom. The van der Waals surface area contributed by atoms with Crippen molar-refractivity contribution in [2.45, 2.75) is 32.7 Å². The molecule has 0 radical (unpaired) electrons. The molecular weight excluding hydrogens is 771 g/mol. The van der Waals surface area contributed by atoms with Crippen LogP contribution in [0.1, 0.15) is 36.6 Å². The lowest BCUT2D eigenvalue weighted by Gasteiger charge is -2.28. The number of amides is 2. The van der Waals surface area contributed by atoms with Crippen molar-refractivity contribution < 1.29 is 33.6 Å². The number of halogens is 4. The molecule has 0 saturated carbocycles. The summed E-state index contributed by atoms with van der Waals surface area (Å²) in [6, 6.07) is 12.7. The second-order valence-electron chi connectivity index (χ2n) is 9.77. The Bertz CT molecular complexity index is 1650. The van der Waals surface area contributed by atoms with Gasteiger partial charge < -0.3 is 34.7 Å². The molecule has 4 N–H and O–H groups in total. The second-order valence-corrected chi connectivity index (χ2v) is 12.3. The zero-order valence-corrected chi connectivity index (χ0v) is 29.5. The van der Waals surface area contributed by atoms with Gasteiger partial charge in [-0.25, -0.2) is 9.59 Å². The number of aliphatic hydroxyl groups is 1. The predicted molar refractivity (Wildman–Crippen MR) is 182 cm³/mol. The number of hydrazone groups is 1. The van der Waals surface area contributed by atoms with E-state index in [1.807, 2.05) is 25.1 Å². The number of ether oxygens (including phenoxy) is 4. The Hall–Kier alpha value is -3.49. The number of allylic oxidation sites excluding steroid dienone is 1. The quantitative estimate of drug-likeness (QED) is 0.0656. The van der Waals surface area contributed by atoms with Crippen molar-refractivity contribution in [3.05, 3.63) is 95.5 Å². The summed E-state index contributed by atoms with van der Waals surface area (Å²) in [4.78, 5) is 24.6. The molecule has 3 aromatic rings. The lowest BCUT2D eigenvalue weighted by molar-refractivity contribution is -0.136. The average Bonchev–Trinajstić information content (AvgIpc) is 3.01. The van der Waals surface area contributed by atoms with E-state index >= 15 is 0 Å². The van der Waals surface area contributed by atoms with E-state index in [4.69, 9.17) is 42.1 Å². The lowest BCUT2D eigenvalue weighted by Crippen LogP contribution is -2.45. The van der Waals surface area contributed by atoms with E-state index in [2.05, 4.69) is 53.0 Å². The molecule has 11 nitrogen and oxygen atoms in total. The monoisotopic (exact) mass is 798 g/mol. The van der Waals surface area contributed by atoms with Crippen LogP contribution in [0.2, 0.25) is 10.0 Å². The third kappa shape index (κ3) is 9.07. The van der Waals surface area contributed by atoms with Crippen LogP contribution < -0.4 is 30.3 Å². The fourth-order valence-electron chi connectivity index (χ4n) is 4.40. The topological polar surface area (TPSA) is 140 Å². The molecule has 2 amide bonds. The van der Waals surface area contributed by atoms with E-state index in [1.54, 1.807) is 37.3 Å². The van der Waals surface area contributed by atoms with Crippen LogP contribution in [0.4, 0.5) is 4.79 Å². The number of methoxy groups -OCH3 is 1. The molecule has 1 heterocycles. The highest BCUT2D eigenvalue weighted by Gasteiger charge is 2.32. The molecule has 0 aromatic heterocycles. The summed E-state index contributed by atoms with van der Waals surface area (Å²) in [7, 11) is 1.27. The summed E-state index contributed by atoms with van der Waals surface area (Å²) < 4.78 is 23.8. The molecule has 4 rings (SSSR count). The van der Waals surface area contributed by atoms with Gasteiger partial charge in [-0.15, -0.1) is 0 Å². The number of carbonyl (C=O) groups is 2. The van der Waals surface area contributed by atoms with Crippen LogP contribution in [-0.2, 0) is 16.1 Å². The molecule has 0 saturated heterocycles. The number of hydrogen-bond donors (Lipinski definition) is 4. The van der Waals surface area contributed by atoms with Crippen LogP contribution in [0.15, 0.2) is 73.8 Å². The number of hydrogen-bond acceptors (Lipinski definition) is 9. The molecule has 0 fully saturated rings. The van der Waals surface area contributed by atoms with Gasteiger partial charge in [-0.3, -0.25) is 5.43 Å². The molecule has 15 heteroatoms. The standard InChI is InChI=1S/C31H30Br2Cl2N4O7/c1-4-44-25-12-19(28-27(30(41)43-3)16(2)37-31(42)38-28)6-8-24(25)45-15-26(40)39-36-13-18-9-20(32)29(21(33)10-18)46-14-17-5-7-22(34)23(35)11-17/h5-13,26,28,39-40H,4,14-15H2,1-3H3,(H2,37,38,42)/b36-13-/t26-,28+/m1/s1. The van der Waals surface area contributed by atoms with E-state index in [9.17, 15) is 14.7 Å². The number of aliphatic hydroxyl groups excluding tert-OH is 1. The first-order valence-corrected chi connectivity index (χ1v) is 16.1. The second kappa shape index (κ2) is 16.4. The van der Waals surface area contributed by atoms with Crippen molar-refractivity contribution in [1.82, 2.24) is 16.1 Å². The van der Waals surface area contributed by atoms with Crippen molar-refractivity contribution >= 4 is 73.3 Å². The fraction of sp³-hybridized carbons (Fsp3) is 0.258. The highest BCUT2D eigenvalue weighted by Crippen LogP contribution is 2.36. The molecule has 0 aliphatic carbocycles. The maximum atomic E-state index is 12.5. The minimum atomic E-state index is -1.16. The maximum absolute atomic E-state index is 12.5. The van der Waals surface area contributed by atoms with Crippen LogP contribution in [-0.4, -0.2) is 49.9 Å². The summed E-state index contributed by atoms with van der Waals surface area (Å²) in [5, 5.41) is 20.8. The maximum Gasteiger partial charge on any atom is 0.337 e. The Kier molecular flexibility index (Phi) is 12.6. The van der Waals surface area contributed by atoms with Gasteiger partial charge in [-0.05, 0) is 98.8 Å². The number of nitrogens with one attached hydrogen (secondary N) is 3. The highest BCUT2D eigenvalue weighted by molar-refractivity contribution is 9.11. The molecule has 1 aliphatic rings. The number of nitrogens with zero attached hydrogens (tertiary/aromatic N) is 1. The SMILES string of the molecule is CCOc1cc([C@@H]2NC(=O)NC(C)=C2C(=O)OC)ccc1OC[C@@H](O)N/N=C\c1cc(Br)c(OCc2ccc(Cl)c(Cl)c2)c(Br)c1. The highest BCUT2D eigenvalue weighted by atomic mass is 79.9. The van der Waals surface area contributed by atoms with Crippen LogP contribution in [0.5, 0.6) is 17.2 Å². The minimum absolute atomic E-state index is 0.165. The summed E-state index contributed by atoms with van der Waals surface area (Å²) in [5.74, 6) is 0.727. The molecule has 46 heavy (non-hydrogen) atoms. The van der Waals surface area contributed by atoms with E-state index in [0.717, 1.165) is 11.1 Å². The number of urea groups is 1. The van der Waals surface area contributed by atoms with E-state index in [-0.39, 0.29) is 18.8 Å². The Morgan fingerprint density at radius 3 is 2.48 bits per heavy atom. The van der Waals surface area contributed by atoms with E-state index in [0.29, 0.717) is 54.1 Å². The number of benzene rings is 3. The van der Waals surface area contributed by atoms with Gasteiger partial charge >= 0.3 is 12.0 Å². The summed E-state index contributed by atoms with van der Waals surface area (Å²) in [6.45, 7) is 3.87. The number of esters is 1. The van der Waals surface area contributed by atoms with Crippen molar-refractivity contribution in [3.8, 4) is 17.2 Å². The first-order valence-electron chi connectivity index (χ1n) is 13.8. The van der Waals surface area contributed by atoms with Gasteiger partial charge in [-0.2, -0.15) is 5.10 Å². The summed E-state index contributed by atoms with van der Waals surface area (Å²) in [6.07, 6.45) is 0.371. The normalized spacial score (nSPS) is 15.2. The third-order valence-corrected chi connectivity index (χ3v) is 8.41. The zero-order valence-electron chi connectivity index (χ0n) is 24.8. The smallest absolute Gasteiger partial charge is 0.337 e. The van der Waals surface area contributed by atoms with Crippen LogP contribution in [0.25, 0.3) is 0 Å². The van der Waals surface area contributed by atoms with Crippen LogP contribution in [0, 0.1) is 0 Å². The van der Waals surface area contributed by atoms with Gasteiger partial charge in [0.25, 0.3) is 0 Å². The van der Waals surface area contributed by atoms with Crippen molar-refractivity contribution in [3.63, 3.8) is 0 Å². The average molecular weight is 801 g/mol. The van der Waals surface area contributed by atoms with Gasteiger partial charge in [0.05, 0.1) is 50.5 Å². The first-order chi connectivity index (χ1) is 22.0. The minimum Gasteiger partial charge on any atom is -0.490 e. The lowest BCUT2D eigenvalue weighted by atomic mass is 9.95. The van der Waals surface area contributed by atoms with Crippen molar-refractivity contribution in [2.24, 2.45) is 5.10 Å². The van der Waals surface area contributed by atoms with Crippen molar-refractivity contribution in [2.75, 3.05) is 20.3 Å². The van der Waals surface area contributed by atoms with Gasteiger partial charge in [0.2, 0.25) is 0 Å². The fourth-order valence-corrected chi connectivity index (χ4v) is 6.17. The molecule has 0 bridgehead atoms. The molecule has 2 atom stereocenters. The predicted octanol–water partition coefficient (Wildman–Crippen LogP) is 6.62. The van der Waals surface area contributed by atoms with E-state index < -0.39 is 24.3 Å². The van der Waals surface area contributed by atoms with Crippen LogP contribution in [0.3, 0.4) is 0 Å². The third-order valence-electron chi connectivity index (χ3n) is 6.50. The van der Waals surface area contributed by atoms with Gasteiger partial charge in [-0.1, -0.05) is 35.3 Å². The Morgan fingerprint density at radius 1 is 1.07 bits per heavy atom. The van der Waals surface area contributed by atoms with Gasteiger partial charge in [0.1, 0.15) is 19.0 Å². The Labute approximate surface area is 292 Å². The number of carbonyl (C=O) groups excluding carboxylic acids is 2. The van der Waals surface area contributed by atoms with Gasteiger partial charge in [0.15, 0.2) is 17.7 Å². The molecule has 0 unspecified atom stereocenters.